The Labute approximate surface area is 168 Å². The summed E-state index contributed by atoms with van der Waals surface area (Å²) in [6, 6.07) is 20.5. The summed E-state index contributed by atoms with van der Waals surface area (Å²) in [5, 5.41) is 3.71. The average Bonchev–Trinajstić information content (AvgIpc) is 3.14. The number of para-hydroxylation sites is 1. The van der Waals surface area contributed by atoms with Gasteiger partial charge in [-0.05, 0) is 61.0 Å². The molecule has 5 nitrogen and oxygen atoms in total. The van der Waals surface area contributed by atoms with Gasteiger partial charge in [0.1, 0.15) is 22.8 Å². The fourth-order valence-electron chi connectivity index (χ4n) is 3.27. The van der Waals surface area contributed by atoms with Crippen LogP contribution < -0.4 is 14.8 Å². The van der Waals surface area contributed by atoms with Gasteiger partial charge >= 0.3 is 0 Å². The van der Waals surface area contributed by atoms with E-state index in [1.165, 1.54) is 0 Å². The van der Waals surface area contributed by atoms with E-state index < -0.39 is 0 Å². The zero-order valence-corrected chi connectivity index (χ0v) is 16.5. The van der Waals surface area contributed by atoms with Gasteiger partial charge < -0.3 is 19.2 Å². The molecule has 1 heterocycles. The van der Waals surface area contributed by atoms with Crippen molar-refractivity contribution >= 4 is 22.6 Å². The van der Waals surface area contributed by atoms with Gasteiger partial charge in [-0.3, -0.25) is 4.79 Å². The zero-order chi connectivity index (χ0) is 20.4. The number of furan rings is 1. The summed E-state index contributed by atoms with van der Waals surface area (Å²) in [7, 11) is 3.21. The smallest absolute Gasteiger partial charge is 0.260 e. The number of methoxy groups -OCH3 is 2. The Morgan fingerprint density at radius 1 is 0.897 bits per heavy atom. The third-order valence-corrected chi connectivity index (χ3v) is 4.87. The lowest BCUT2D eigenvalue weighted by Gasteiger charge is -2.09. The van der Waals surface area contributed by atoms with Crippen LogP contribution in [0.3, 0.4) is 0 Å². The van der Waals surface area contributed by atoms with Crippen LogP contribution in [0.2, 0.25) is 0 Å². The Hall–Kier alpha value is -3.73. The van der Waals surface area contributed by atoms with E-state index in [1.54, 1.807) is 14.2 Å². The third-order valence-electron chi connectivity index (χ3n) is 4.87. The number of carbonyl (C=O) groups is 1. The van der Waals surface area contributed by atoms with E-state index >= 15 is 0 Å². The highest BCUT2D eigenvalue weighted by molar-refractivity contribution is 6.16. The Balaban J connectivity index is 1.86. The van der Waals surface area contributed by atoms with Gasteiger partial charge in [0.2, 0.25) is 0 Å². The molecule has 0 bridgehead atoms. The molecule has 0 aliphatic heterocycles. The summed E-state index contributed by atoms with van der Waals surface area (Å²) >= 11 is 0. The molecule has 0 saturated carbocycles. The van der Waals surface area contributed by atoms with E-state index in [-0.39, 0.29) is 5.91 Å². The summed E-state index contributed by atoms with van der Waals surface area (Å²) in [5.74, 6) is 1.65. The predicted molar refractivity (Wildman–Crippen MR) is 114 cm³/mol. The fraction of sp³-hybridized carbons (Fsp3) is 0.125. The minimum Gasteiger partial charge on any atom is -0.497 e. The van der Waals surface area contributed by atoms with Crippen molar-refractivity contribution in [3.63, 3.8) is 0 Å². The van der Waals surface area contributed by atoms with Gasteiger partial charge in [-0.2, -0.15) is 0 Å². The molecule has 1 aromatic heterocycles. The molecule has 146 valence electrons. The van der Waals surface area contributed by atoms with Crippen molar-refractivity contribution in [3.8, 4) is 22.8 Å². The van der Waals surface area contributed by atoms with E-state index in [0.29, 0.717) is 28.0 Å². The van der Waals surface area contributed by atoms with E-state index in [0.717, 1.165) is 22.6 Å². The largest absolute Gasteiger partial charge is 0.497 e. The molecular formula is C24H21NO4. The van der Waals surface area contributed by atoms with Crippen LogP contribution in [0.25, 0.3) is 22.3 Å². The summed E-state index contributed by atoms with van der Waals surface area (Å²) in [5.41, 5.74) is 3.61. The molecule has 4 aromatic rings. The van der Waals surface area contributed by atoms with Crippen LogP contribution >= 0.6 is 0 Å². The van der Waals surface area contributed by atoms with Crippen molar-refractivity contribution in [2.45, 2.75) is 6.92 Å². The minimum absolute atomic E-state index is 0.239. The molecule has 1 amide bonds. The molecule has 0 saturated heterocycles. The number of rotatable bonds is 5. The molecule has 4 rings (SSSR count). The molecule has 5 heteroatoms. The predicted octanol–water partition coefficient (Wildman–Crippen LogP) is 5.68. The second-order valence-electron chi connectivity index (χ2n) is 6.67. The molecule has 0 fully saturated rings. The molecule has 0 unspecified atom stereocenters. The number of fused-ring (bicyclic) bond motifs is 1. The van der Waals surface area contributed by atoms with E-state index in [1.807, 2.05) is 73.7 Å². The summed E-state index contributed by atoms with van der Waals surface area (Å²) in [6.45, 7) is 1.95. The SMILES string of the molecule is COc1ccc(-c2oc3ccc(OC)cc3c2C(=O)Nc2ccccc2C)cc1. The van der Waals surface area contributed by atoms with Gasteiger partial charge in [0.05, 0.1) is 19.8 Å². The lowest BCUT2D eigenvalue weighted by atomic mass is 10.0. The molecule has 1 N–H and O–H groups in total. The van der Waals surface area contributed by atoms with Gasteiger partial charge in [0, 0.05) is 16.6 Å². The highest BCUT2D eigenvalue weighted by Gasteiger charge is 2.23. The Morgan fingerprint density at radius 2 is 1.59 bits per heavy atom. The number of hydrogen-bond acceptors (Lipinski definition) is 4. The van der Waals surface area contributed by atoms with E-state index in [2.05, 4.69) is 5.32 Å². The van der Waals surface area contributed by atoms with Gasteiger partial charge in [0.15, 0.2) is 0 Å². The van der Waals surface area contributed by atoms with Crippen molar-refractivity contribution in [3.05, 3.63) is 77.9 Å². The molecular weight excluding hydrogens is 366 g/mol. The van der Waals surface area contributed by atoms with Crippen LogP contribution in [0.1, 0.15) is 15.9 Å². The lowest BCUT2D eigenvalue weighted by Crippen LogP contribution is -2.13. The van der Waals surface area contributed by atoms with Crippen LogP contribution in [0.15, 0.2) is 71.1 Å². The standard InChI is InChI=1S/C24H21NO4/c1-15-6-4-5-7-20(15)25-24(26)22-19-14-18(28-3)12-13-21(19)29-23(22)16-8-10-17(27-2)11-9-16/h4-14H,1-3H3,(H,25,26). The zero-order valence-electron chi connectivity index (χ0n) is 16.5. The van der Waals surface area contributed by atoms with Crippen LogP contribution in [0.5, 0.6) is 11.5 Å². The first-order valence-corrected chi connectivity index (χ1v) is 9.22. The summed E-state index contributed by atoms with van der Waals surface area (Å²) < 4.78 is 16.7. The second-order valence-corrected chi connectivity index (χ2v) is 6.67. The molecule has 0 aliphatic rings. The molecule has 0 atom stereocenters. The van der Waals surface area contributed by atoms with Crippen molar-refractivity contribution in [2.75, 3.05) is 19.5 Å². The third kappa shape index (κ3) is 3.55. The van der Waals surface area contributed by atoms with Gasteiger partial charge in [-0.1, -0.05) is 18.2 Å². The summed E-state index contributed by atoms with van der Waals surface area (Å²) in [6.07, 6.45) is 0. The van der Waals surface area contributed by atoms with Crippen LogP contribution in [0.4, 0.5) is 5.69 Å². The number of amides is 1. The first kappa shape index (κ1) is 18.6. The average molecular weight is 387 g/mol. The Bertz CT molecular complexity index is 1180. The molecule has 29 heavy (non-hydrogen) atoms. The molecule has 0 radical (unpaired) electrons. The van der Waals surface area contributed by atoms with Crippen LogP contribution in [-0.4, -0.2) is 20.1 Å². The van der Waals surface area contributed by atoms with Crippen molar-refractivity contribution in [2.24, 2.45) is 0 Å². The summed E-state index contributed by atoms with van der Waals surface area (Å²) in [4.78, 5) is 13.3. The lowest BCUT2D eigenvalue weighted by molar-refractivity contribution is 0.102. The Kier molecular flexibility index (Phi) is 4.96. The topological polar surface area (TPSA) is 60.7 Å². The maximum absolute atomic E-state index is 13.3. The van der Waals surface area contributed by atoms with Crippen molar-refractivity contribution < 1.29 is 18.7 Å². The van der Waals surface area contributed by atoms with Gasteiger partial charge in [-0.15, -0.1) is 0 Å². The maximum Gasteiger partial charge on any atom is 0.260 e. The molecule has 0 spiro atoms. The van der Waals surface area contributed by atoms with Crippen molar-refractivity contribution in [1.29, 1.82) is 0 Å². The number of carbonyl (C=O) groups excluding carboxylic acids is 1. The number of ether oxygens (including phenoxy) is 2. The first-order chi connectivity index (χ1) is 14.1. The fourth-order valence-corrected chi connectivity index (χ4v) is 3.27. The second kappa shape index (κ2) is 7.72. The number of aryl methyl sites for hydroxylation is 1. The van der Waals surface area contributed by atoms with Gasteiger partial charge in [-0.25, -0.2) is 0 Å². The first-order valence-electron chi connectivity index (χ1n) is 9.22. The minimum atomic E-state index is -0.239. The van der Waals surface area contributed by atoms with E-state index in [9.17, 15) is 4.79 Å². The van der Waals surface area contributed by atoms with Gasteiger partial charge in [0.25, 0.3) is 5.91 Å². The highest BCUT2D eigenvalue weighted by Crippen LogP contribution is 2.36. The number of hydrogen-bond donors (Lipinski definition) is 1. The normalized spacial score (nSPS) is 10.7. The monoisotopic (exact) mass is 387 g/mol. The molecule has 3 aromatic carbocycles. The number of benzene rings is 3. The number of anilines is 1. The van der Waals surface area contributed by atoms with Crippen LogP contribution in [-0.2, 0) is 0 Å². The van der Waals surface area contributed by atoms with Crippen LogP contribution in [0, 0.1) is 6.92 Å². The maximum atomic E-state index is 13.3. The van der Waals surface area contributed by atoms with Crippen molar-refractivity contribution in [1.82, 2.24) is 0 Å². The Morgan fingerprint density at radius 3 is 2.28 bits per heavy atom. The quantitative estimate of drug-likeness (QED) is 0.479. The molecule has 0 aliphatic carbocycles. The van der Waals surface area contributed by atoms with E-state index in [4.69, 9.17) is 13.9 Å². The highest BCUT2D eigenvalue weighted by atomic mass is 16.5. The number of nitrogens with one attached hydrogen (secondary N) is 1.